The van der Waals surface area contributed by atoms with Gasteiger partial charge in [-0.3, -0.25) is 0 Å². The van der Waals surface area contributed by atoms with Gasteiger partial charge in [-0.05, 0) is 13.3 Å². The van der Waals surface area contributed by atoms with E-state index in [-0.39, 0.29) is 11.9 Å². The highest BCUT2D eigenvalue weighted by Crippen LogP contribution is 2.00. The lowest BCUT2D eigenvalue weighted by Crippen LogP contribution is -2.16. The van der Waals surface area contributed by atoms with Crippen LogP contribution in [0.15, 0.2) is 0 Å². The quantitative estimate of drug-likeness (QED) is 0.484. The summed E-state index contributed by atoms with van der Waals surface area (Å²) in [5.41, 5.74) is 0. The van der Waals surface area contributed by atoms with Gasteiger partial charge in [0.15, 0.2) is 0 Å². The Bertz CT molecular complexity index is 215. The Morgan fingerprint density at radius 3 is 2.54 bits per heavy atom. The van der Waals surface area contributed by atoms with Gasteiger partial charge in [-0.25, -0.2) is 8.42 Å². The van der Waals surface area contributed by atoms with Crippen molar-refractivity contribution in [3.63, 3.8) is 0 Å². The van der Waals surface area contributed by atoms with Crippen molar-refractivity contribution < 1.29 is 17.9 Å². The highest BCUT2D eigenvalue weighted by molar-refractivity contribution is 8.13. The molecule has 80 valence electrons. The summed E-state index contributed by atoms with van der Waals surface area (Å²) in [4.78, 5) is 0. The maximum Gasteiger partial charge on any atom is 0.232 e. The normalized spacial score (nSPS) is 14.4. The van der Waals surface area contributed by atoms with Gasteiger partial charge in [0.25, 0.3) is 0 Å². The average molecular weight is 231 g/mol. The van der Waals surface area contributed by atoms with Gasteiger partial charge in [-0.2, -0.15) is 0 Å². The van der Waals surface area contributed by atoms with Gasteiger partial charge in [0, 0.05) is 24.4 Å². The first-order chi connectivity index (χ1) is 5.95. The minimum absolute atomic E-state index is 0.0111. The first kappa shape index (κ1) is 13.2. The fourth-order valence-corrected chi connectivity index (χ4v) is 1.59. The second-order valence-electron chi connectivity index (χ2n) is 2.73. The molecule has 0 heterocycles. The van der Waals surface area contributed by atoms with E-state index in [1.807, 2.05) is 6.92 Å². The van der Waals surface area contributed by atoms with E-state index < -0.39 is 9.05 Å². The van der Waals surface area contributed by atoms with Gasteiger partial charge in [0.1, 0.15) is 0 Å². The van der Waals surface area contributed by atoms with Gasteiger partial charge in [0.05, 0.1) is 18.5 Å². The molecule has 0 aromatic carbocycles. The summed E-state index contributed by atoms with van der Waals surface area (Å²) < 4.78 is 31.0. The zero-order valence-corrected chi connectivity index (χ0v) is 9.40. The van der Waals surface area contributed by atoms with Crippen LogP contribution in [0.2, 0.25) is 0 Å². The Morgan fingerprint density at radius 2 is 2.08 bits per heavy atom. The molecule has 0 spiro atoms. The number of halogens is 1. The van der Waals surface area contributed by atoms with Crippen molar-refractivity contribution in [1.29, 1.82) is 0 Å². The summed E-state index contributed by atoms with van der Waals surface area (Å²) in [6.07, 6.45) is 0.405. The van der Waals surface area contributed by atoms with E-state index in [1.54, 1.807) is 7.11 Å². The number of hydrogen-bond donors (Lipinski definition) is 0. The molecule has 0 amide bonds. The molecule has 0 rings (SSSR count). The van der Waals surface area contributed by atoms with Crippen molar-refractivity contribution in [3.8, 4) is 0 Å². The van der Waals surface area contributed by atoms with Crippen LogP contribution in [-0.4, -0.2) is 40.6 Å². The van der Waals surface area contributed by atoms with Gasteiger partial charge in [-0.1, -0.05) is 0 Å². The molecule has 0 aliphatic heterocycles. The Balaban J connectivity index is 3.36. The zero-order chi connectivity index (χ0) is 10.3. The second-order valence-corrected chi connectivity index (χ2v) is 5.63. The molecule has 0 bridgehead atoms. The van der Waals surface area contributed by atoms with Crippen molar-refractivity contribution in [2.24, 2.45) is 0 Å². The van der Waals surface area contributed by atoms with E-state index >= 15 is 0 Å². The molecular formula is C7H15ClO4S. The molecule has 4 nitrogen and oxygen atoms in total. The third kappa shape index (κ3) is 10.1. The molecule has 0 aromatic rings. The average Bonchev–Trinajstić information content (AvgIpc) is 1.97. The number of methoxy groups -OCH3 is 1. The summed E-state index contributed by atoms with van der Waals surface area (Å²) in [6.45, 7) is 2.75. The maximum atomic E-state index is 10.5. The molecule has 6 heteroatoms. The third-order valence-electron chi connectivity index (χ3n) is 1.34. The van der Waals surface area contributed by atoms with E-state index in [0.29, 0.717) is 19.6 Å². The Hall–Kier alpha value is 0.160. The lowest BCUT2D eigenvalue weighted by atomic mass is 10.4. The molecule has 1 atom stereocenters. The molecule has 0 saturated carbocycles. The highest BCUT2D eigenvalue weighted by atomic mass is 35.7. The summed E-state index contributed by atoms with van der Waals surface area (Å²) >= 11 is 0. The van der Waals surface area contributed by atoms with Crippen molar-refractivity contribution in [2.75, 3.05) is 26.1 Å². The van der Waals surface area contributed by atoms with Crippen molar-refractivity contribution in [3.05, 3.63) is 0 Å². The largest absolute Gasteiger partial charge is 0.382 e. The molecule has 0 saturated heterocycles. The number of ether oxygens (including phenoxy) is 2. The van der Waals surface area contributed by atoms with E-state index in [9.17, 15) is 8.42 Å². The van der Waals surface area contributed by atoms with Crippen molar-refractivity contribution in [2.45, 2.75) is 19.4 Å². The van der Waals surface area contributed by atoms with Gasteiger partial charge in [0.2, 0.25) is 9.05 Å². The van der Waals surface area contributed by atoms with Gasteiger partial charge < -0.3 is 9.47 Å². The van der Waals surface area contributed by atoms with Crippen LogP contribution in [-0.2, 0) is 18.5 Å². The third-order valence-corrected chi connectivity index (χ3v) is 2.58. The highest BCUT2D eigenvalue weighted by Gasteiger charge is 2.05. The van der Waals surface area contributed by atoms with E-state index in [0.717, 1.165) is 0 Å². The fraction of sp³-hybridized carbons (Fsp3) is 1.00. The summed E-state index contributed by atoms with van der Waals surface area (Å²) in [5.74, 6) is -0.0474. The monoisotopic (exact) mass is 230 g/mol. The van der Waals surface area contributed by atoms with Crippen LogP contribution in [0.25, 0.3) is 0 Å². The first-order valence-corrected chi connectivity index (χ1v) is 6.46. The number of hydrogen-bond acceptors (Lipinski definition) is 4. The summed E-state index contributed by atoms with van der Waals surface area (Å²) in [6, 6.07) is 0. The summed E-state index contributed by atoms with van der Waals surface area (Å²) in [5, 5.41) is 0. The smallest absolute Gasteiger partial charge is 0.232 e. The van der Waals surface area contributed by atoms with Crippen LogP contribution in [0.1, 0.15) is 13.3 Å². The van der Waals surface area contributed by atoms with Crippen LogP contribution in [0.5, 0.6) is 0 Å². The standard InChI is InChI=1S/C7H15ClO4S/c1-7(6-11-2)12-4-3-5-13(8,9)10/h7H,3-6H2,1-2H3. The Kier molecular flexibility index (Phi) is 6.67. The van der Waals surface area contributed by atoms with Gasteiger partial charge >= 0.3 is 0 Å². The van der Waals surface area contributed by atoms with Crippen LogP contribution in [0.4, 0.5) is 0 Å². The van der Waals surface area contributed by atoms with E-state index in [1.165, 1.54) is 0 Å². The van der Waals surface area contributed by atoms with Gasteiger partial charge in [-0.15, -0.1) is 0 Å². The lowest BCUT2D eigenvalue weighted by Gasteiger charge is -2.10. The minimum atomic E-state index is -3.37. The molecule has 0 aliphatic rings. The van der Waals surface area contributed by atoms with E-state index in [2.05, 4.69) is 0 Å². The number of rotatable bonds is 7. The Labute approximate surface area is 83.6 Å². The van der Waals surface area contributed by atoms with Crippen molar-refractivity contribution in [1.82, 2.24) is 0 Å². The molecule has 0 aromatic heterocycles. The maximum absolute atomic E-state index is 10.5. The SMILES string of the molecule is COCC(C)OCCCS(=O)(=O)Cl. The molecule has 0 N–H and O–H groups in total. The molecule has 0 radical (unpaired) electrons. The molecule has 0 fully saturated rings. The Morgan fingerprint density at radius 1 is 1.46 bits per heavy atom. The predicted octanol–water partition coefficient (Wildman–Crippen LogP) is 0.997. The lowest BCUT2D eigenvalue weighted by molar-refractivity contribution is 0.00978. The topological polar surface area (TPSA) is 52.6 Å². The minimum Gasteiger partial charge on any atom is -0.382 e. The van der Waals surface area contributed by atoms with Crippen LogP contribution < -0.4 is 0 Å². The van der Waals surface area contributed by atoms with Crippen LogP contribution in [0, 0.1) is 0 Å². The zero-order valence-electron chi connectivity index (χ0n) is 7.82. The van der Waals surface area contributed by atoms with Crippen molar-refractivity contribution >= 4 is 19.7 Å². The first-order valence-electron chi connectivity index (χ1n) is 3.98. The fourth-order valence-electron chi connectivity index (χ4n) is 0.799. The predicted molar refractivity (Wildman–Crippen MR) is 51.5 cm³/mol. The summed E-state index contributed by atoms with van der Waals surface area (Å²) in [7, 11) is 3.21. The molecule has 0 aliphatic carbocycles. The van der Waals surface area contributed by atoms with E-state index in [4.69, 9.17) is 20.2 Å². The van der Waals surface area contributed by atoms with Crippen LogP contribution in [0.3, 0.4) is 0 Å². The molecule has 1 unspecified atom stereocenters. The second kappa shape index (κ2) is 6.59. The van der Waals surface area contributed by atoms with Crippen LogP contribution >= 0.6 is 10.7 Å². The molecular weight excluding hydrogens is 216 g/mol. The molecule has 13 heavy (non-hydrogen) atoms.